The highest BCUT2D eigenvalue weighted by atomic mass is 19.1. The Kier molecular flexibility index (Phi) is 4.39. The van der Waals surface area contributed by atoms with Crippen molar-refractivity contribution in [1.82, 2.24) is 24.7 Å². The fourth-order valence-corrected chi connectivity index (χ4v) is 3.80. The lowest BCUT2D eigenvalue weighted by Gasteiger charge is -2.17. The van der Waals surface area contributed by atoms with Gasteiger partial charge in [-0.25, -0.2) is 9.37 Å². The third kappa shape index (κ3) is 3.06. The molecular formula is C22H19FN6O. The van der Waals surface area contributed by atoms with Crippen molar-refractivity contribution in [2.45, 2.75) is 26.5 Å². The lowest BCUT2D eigenvalue weighted by atomic mass is 9.98. The van der Waals surface area contributed by atoms with Crippen LogP contribution < -0.4 is 10.5 Å². The summed E-state index contributed by atoms with van der Waals surface area (Å²) in [5.74, 6) is 0.372. The number of pyridine rings is 1. The molecule has 7 nitrogen and oxygen atoms in total. The van der Waals surface area contributed by atoms with E-state index < -0.39 is 0 Å². The summed E-state index contributed by atoms with van der Waals surface area (Å²) in [5, 5.41) is 4.53. The van der Waals surface area contributed by atoms with Crippen LogP contribution in [0.1, 0.15) is 23.7 Å². The van der Waals surface area contributed by atoms with E-state index in [1.54, 1.807) is 24.7 Å². The van der Waals surface area contributed by atoms with Crippen molar-refractivity contribution in [3.63, 3.8) is 0 Å². The summed E-state index contributed by atoms with van der Waals surface area (Å²) in [6, 6.07) is 6.43. The normalized spacial score (nSPS) is 12.6. The van der Waals surface area contributed by atoms with Crippen LogP contribution in [0.25, 0.3) is 22.5 Å². The fourth-order valence-electron chi connectivity index (χ4n) is 3.80. The molecule has 2 N–H and O–H groups in total. The van der Waals surface area contributed by atoms with Crippen LogP contribution >= 0.6 is 0 Å². The Morgan fingerprint density at radius 2 is 1.97 bits per heavy atom. The van der Waals surface area contributed by atoms with E-state index in [4.69, 9.17) is 10.5 Å². The maximum atomic E-state index is 14.0. The Balaban J connectivity index is 1.78. The van der Waals surface area contributed by atoms with Gasteiger partial charge in [0.2, 0.25) is 0 Å². The van der Waals surface area contributed by atoms with E-state index >= 15 is 0 Å². The summed E-state index contributed by atoms with van der Waals surface area (Å²) in [5.41, 5.74) is 11.7. The molecule has 0 unspecified atom stereocenters. The molecule has 30 heavy (non-hydrogen) atoms. The summed E-state index contributed by atoms with van der Waals surface area (Å²) in [7, 11) is 0. The minimum atomic E-state index is -0.346. The Morgan fingerprint density at radius 1 is 1.10 bits per heavy atom. The molecule has 0 aliphatic carbocycles. The molecule has 1 aliphatic heterocycles. The van der Waals surface area contributed by atoms with Crippen LogP contribution in [0.4, 0.5) is 10.2 Å². The molecule has 0 spiro atoms. The van der Waals surface area contributed by atoms with Crippen LogP contribution in [-0.4, -0.2) is 24.7 Å². The molecule has 4 heterocycles. The maximum Gasteiger partial charge on any atom is 0.166 e. The highest BCUT2D eigenvalue weighted by molar-refractivity contribution is 5.70. The van der Waals surface area contributed by atoms with E-state index in [0.29, 0.717) is 30.0 Å². The second-order valence-corrected chi connectivity index (χ2v) is 7.06. The number of aryl methyl sites for hydroxylation is 1. The average molecular weight is 402 g/mol. The predicted molar refractivity (Wildman–Crippen MR) is 110 cm³/mol. The number of halogens is 1. The van der Waals surface area contributed by atoms with Crippen LogP contribution in [-0.2, 0) is 19.6 Å². The van der Waals surface area contributed by atoms with Crippen LogP contribution in [0.15, 0.2) is 49.1 Å². The predicted octanol–water partition coefficient (Wildman–Crippen LogP) is 3.63. The molecule has 150 valence electrons. The Morgan fingerprint density at radius 3 is 2.83 bits per heavy atom. The van der Waals surface area contributed by atoms with E-state index in [1.807, 2.05) is 23.9 Å². The number of aromatic nitrogens is 5. The number of anilines is 1. The van der Waals surface area contributed by atoms with Gasteiger partial charge in [0.25, 0.3) is 0 Å². The van der Waals surface area contributed by atoms with Crippen LogP contribution in [0.5, 0.6) is 5.75 Å². The van der Waals surface area contributed by atoms with E-state index in [1.165, 1.54) is 12.1 Å². The average Bonchev–Trinajstić information content (AvgIpc) is 3.16. The molecule has 1 aliphatic rings. The summed E-state index contributed by atoms with van der Waals surface area (Å²) in [4.78, 5) is 13.4. The number of nitrogens with zero attached hydrogens (tertiary/aromatic N) is 5. The van der Waals surface area contributed by atoms with Gasteiger partial charge in [0, 0.05) is 53.8 Å². The van der Waals surface area contributed by atoms with Crippen LogP contribution in [0, 0.1) is 5.82 Å². The van der Waals surface area contributed by atoms with Gasteiger partial charge in [0.1, 0.15) is 12.4 Å². The smallest absolute Gasteiger partial charge is 0.166 e. The first-order chi connectivity index (χ1) is 14.6. The minimum Gasteiger partial charge on any atom is -0.485 e. The Labute approximate surface area is 172 Å². The second kappa shape index (κ2) is 7.22. The van der Waals surface area contributed by atoms with Crippen LogP contribution in [0.2, 0.25) is 0 Å². The molecule has 1 aromatic carbocycles. The van der Waals surface area contributed by atoms with Gasteiger partial charge in [0.05, 0.1) is 23.3 Å². The number of hydrogen-bond donors (Lipinski definition) is 1. The van der Waals surface area contributed by atoms with Gasteiger partial charge in [0.15, 0.2) is 11.6 Å². The number of fused-ring (bicyclic) bond motifs is 7. The number of rotatable bonds is 1. The van der Waals surface area contributed by atoms with E-state index in [0.717, 1.165) is 28.1 Å². The van der Waals surface area contributed by atoms with Gasteiger partial charge in [-0.1, -0.05) is 0 Å². The Hall–Kier alpha value is -3.81. The zero-order valence-electron chi connectivity index (χ0n) is 16.3. The van der Waals surface area contributed by atoms with E-state index in [-0.39, 0.29) is 18.2 Å². The molecule has 2 bridgehead atoms. The fraction of sp³-hybridized carbons (Fsp3) is 0.182. The highest BCUT2D eigenvalue weighted by Gasteiger charge is 2.21. The van der Waals surface area contributed by atoms with Gasteiger partial charge in [-0.05, 0) is 31.2 Å². The Bertz CT molecular complexity index is 1250. The van der Waals surface area contributed by atoms with Gasteiger partial charge in [-0.3, -0.25) is 14.6 Å². The first kappa shape index (κ1) is 18.2. The number of nitrogen functional groups attached to an aromatic ring is 1. The summed E-state index contributed by atoms with van der Waals surface area (Å²) >= 11 is 0. The first-order valence-corrected chi connectivity index (χ1v) is 9.66. The van der Waals surface area contributed by atoms with Gasteiger partial charge in [-0.15, -0.1) is 0 Å². The van der Waals surface area contributed by atoms with Gasteiger partial charge in [-0.2, -0.15) is 5.10 Å². The zero-order valence-corrected chi connectivity index (χ0v) is 16.3. The van der Waals surface area contributed by atoms with Gasteiger partial charge < -0.3 is 10.5 Å². The first-order valence-electron chi connectivity index (χ1n) is 9.66. The minimum absolute atomic E-state index is 0.123. The lowest BCUT2D eigenvalue weighted by molar-refractivity contribution is 0.307. The molecule has 0 fully saturated rings. The molecule has 5 rings (SSSR count). The molecule has 3 aromatic heterocycles. The molecule has 0 saturated carbocycles. The molecule has 0 radical (unpaired) electrons. The molecule has 8 heteroatoms. The quantitative estimate of drug-likeness (QED) is 0.523. The summed E-state index contributed by atoms with van der Waals surface area (Å²) in [6.45, 7) is 2.85. The monoisotopic (exact) mass is 402 g/mol. The van der Waals surface area contributed by atoms with Crippen molar-refractivity contribution in [3.05, 3.63) is 71.7 Å². The van der Waals surface area contributed by atoms with E-state index in [9.17, 15) is 4.39 Å². The molecule has 0 saturated heterocycles. The molecule has 0 amide bonds. The maximum absolute atomic E-state index is 14.0. The molecule has 4 aromatic rings. The number of nitrogens with two attached hydrogens (primary N) is 1. The molecular weight excluding hydrogens is 383 g/mol. The van der Waals surface area contributed by atoms with Crippen molar-refractivity contribution in [3.8, 4) is 28.3 Å². The van der Waals surface area contributed by atoms with Crippen LogP contribution in [0.3, 0.4) is 0 Å². The van der Waals surface area contributed by atoms with Crippen molar-refractivity contribution < 1.29 is 9.13 Å². The lowest BCUT2D eigenvalue weighted by Crippen LogP contribution is -2.08. The molecule has 0 atom stereocenters. The summed E-state index contributed by atoms with van der Waals surface area (Å²) < 4.78 is 21.9. The zero-order chi connectivity index (χ0) is 20.7. The standard InChI is InChI=1S/C22H19FN6O/c1-2-29-21-13(11-28-29)8-18-20(26-6-5-25-18)17-4-3-16(23)7-15(17)12-30-19-9-14(21)10-27-22(19)24/h3-7,9-11H,2,8,12H2,1H3,(H2,24,27). The number of benzene rings is 1. The summed E-state index contributed by atoms with van der Waals surface area (Å²) in [6.07, 6.45) is 7.38. The van der Waals surface area contributed by atoms with Gasteiger partial charge >= 0.3 is 0 Å². The second-order valence-electron chi connectivity index (χ2n) is 7.06. The van der Waals surface area contributed by atoms with E-state index in [2.05, 4.69) is 20.1 Å². The largest absolute Gasteiger partial charge is 0.485 e. The number of ether oxygens (including phenoxy) is 1. The number of hydrogen-bond acceptors (Lipinski definition) is 6. The highest BCUT2D eigenvalue weighted by Crippen LogP contribution is 2.34. The third-order valence-corrected chi connectivity index (χ3v) is 5.21. The third-order valence-electron chi connectivity index (χ3n) is 5.21. The van der Waals surface area contributed by atoms with Crippen molar-refractivity contribution in [1.29, 1.82) is 0 Å². The SMILES string of the molecule is CCn1ncc2c1-c1cnc(N)c(c1)OCc1cc(F)ccc1-c1nccnc1C2. The van der Waals surface area contributed by atoms with Crippen molar-refractivity contribution in [2.24, 2.45) is 0 Å². The van der Waals surface area contributed by atoms with Crippen molar-refractivity contribution in [2.75, 3.05) is 5.73 Å². The topological polar surface area (TPSA) is 91.7 Å². The van der Waals surface area contributed by atoms with Crippen molar-refractivity contribution >= 4 is 5.82 Å².